The number of rotatable bonds is 5. The molecule has 0 saturated carbocycles. The molecule has 24 heavy (non-hydrogen) atoms. The van der Waals surface area contributed by atoms with Crippen LogP contribution >= 0.6 is 0 Å². The summed E-state index contributed by atoms with van der Waals surface area (Å²) in [7, 11) is -2.09. The van der Waals surface area contributed by atoms with Gasteiger partial charge in [0.05, 0.1) is 25.0 Å². The Balaban J connectivity index is 1.87. The van der Waals surface area contributed by atoms with Crippen LogP contribution in [0.3, 0.4) is 0 Å². The Kier molecular flexibility index (Phi) is 4.28. The summed E-state index contributed by atoms with van der Waals surface area (Å²) in [5, 5.41) is 5.76. The van der Waals surface area contributed by atoms with E-state index in [-0.39, 0.29) is 5.82 Å². The van der Waals surface area contributed by atoms with Gasteiger partial charge in [-0.05, 0) is 18.2 Å². The quantitative estimate of drug-likeness (QED) is 0.745. The van der Waals surface area contributed by atoms with Gasteiger partial charge in [-0.15, -0.1) is 0 Å². The number of primary sulfonamides is 1. The van der Waals surface area contributed by atoms with Crippen LogP contribution < -0.4 is 14.6 Å². The van der Waals surface area contributed by atoms with E-state index in [9.17, 15) is 8.42 Å². The maximum Gasteiger partial charge on any atom is 0.216 e. The normalized spacial score (nSPS) is 11.4. The lowest BCUT2D eigenvalue weighted by atomic mass is 10.2. The number of nitrogens with zero attached hydrogens (tertiary/aromatic N) is 3. The fourth-order valence-corrected chi connectivity index (χ4v) is 2.60. The molecule has 9 heteroatoms. The molecule has 0 aliphatic heterocycles. The van der Waals surface area contributed by atoms with Gasteiger partial charge in [-0.1, -0.05) is 0 Å². The number of benzene rings is 1. The Morgan fingerprint density at radius 1 is 1.08 bits per heavy atom. The van der Waals surface area contributed by atoms with Crippen molar-refractivity contribution in [3.63, 3.8) is 0 Å². The first-order valence-electron chi connectivity index (χ1n) is 6.86. The summed E-state index contributed by atoms with van der Waals surface area (Å²) in [6, 6.07) is 7.16. The molecule has 0 amide bonds. The molecule has 124 valence electrons. The molecule has 0 spiro atoms. The van der Waals surface area contributed by atoms with E-state index in [1.165, 1.54) is 12.4 Å². The third-order valence-corrected chi connectivity index (χ3v) is 3.81. The summed E-state index contributed by atoms with van der Waals surface area (Å²) < 4.78 is 33.0. The Labute approximate surface area is 138 Å². The summed E-state index contributed by atoms with van der Waals surface area (Å²) in [5.41, 5.74) is 0.721. The summed E-state index contributed by atoms with van der Waals surface area (Å²) in [5.74, 6) is 1.32. The summed E-state index contributed by atoms with van der Waals surface area (Å²) in [6.07, 6.45) is 4.40. The molecule has 0 radical (unpaired) electrons. The predicted octanol–water partition coefficient (Wildman–Crippen LogP) is 1.61. The van der Waals surface area contributed by atoms with Crippen LogP contribution in [0.25, 0.3) is 10.9 Å². The second-order valence-corrected chi connectivity index (χ2v) is 6.55. The summed E-state index contributed by atoms with van der Waals surface area (Å²) >= 11 is 0. The zero-order valence-corrected chi connectivity index (χ0v) is 13.5. The molecule has 0 atom stereocenters. The minimum absolute atomic E-state index is 0.106. The number of ether oxygens (including phenoxy) is 2. The molecule has 1 aromatic carbocycles. The topological polar surface area (TPSA) is 117 Å². The Hall–Kier alpha value is -2.78. The number of methoxy groups -OCH3 is 1. The molecule has 3 aromatic rings. The van der Waals surface area contributed by atoms with E-state index in [1.807, 2.05) is 12.1 Å². The number of nitrogens with two attached hydrogens (primary N) is 1. The van der Waals surface area contributed by atoms with Gasteiger partial charge in [-0.25, -0.2) is 23.5 Å². The fraction of sp³-hybridized carbons (Fsp3) is 0.133. The van der Waals surface area contributed by atoms with Crippen molar-refractivity contribution >= 4 is 20.9 Å². The third kappa shape index (κ3) is 3.76. The first-order valence-corrected chi connectivity index (χ1v) is 8.58. The molecule has 0 unspecified atom stereocenters. The molecule has 0 bridgehead atoms. The van der Waals surface area contributed by atoms with Crippen molar-refractivity contribution in [2.75, 3.05) is 7.11 Å². The lowest BCUT2D eigenvalue weighted by molar-refractivity contribution is 0.415. The van der Waals surface area contributed by atoms with Crippen LogP contribution in [0, 0.1) is 0 Å². The van der Waals surface area contributed by atoms with Crippen molar-refractivity contribution < 1.29 is 17.9 Å². The van der Waals surface area contributed by atoms with Crippen LogP contribution in [0.1, 0.15) is 5.82 Å². The fourth-order valence-electron chi connectivity index (χ4n) is 2.09. The van der Waals surface area contributed by atoms with Crippen LogP contribution in [0.15, 0.2) is 42.9 Å². The standard InChI is InChI=1S/C15H14N4O4S/c1-22-10-2-3-12-13(6-10)17-5-4-14(12)23-11-7-18-15(19-8-11)9-24(16,20)21/h2-8H,9H2,1H3,(H2,16,20,21). The number of sulfonamides is 1. The molecule has 0 fully saturated rings. The highest BCUT2D eigenvalue weighted by atomic mass is 32.2. The van der Waals surface area contributed by atoms with E-state index < -0.39 is 15.8 Å². The monoisotopic (exact) mass is 346 g/mol. The highest BCUT2D eigenvalue weighted by molar-refractivity contribution is 7.88. The van der Waals surface area contributed by atoms with Crippen molar-refractivity contribution in [3.05, 3.63) is 48.7 Å². The van der Waals surface area contributed by atoms with E-state index >= 15 is 0 Å². The Morgan fingerprint density at radius 3 is 2.50 bits per heavy atom. The van der Waals surface area contributed by atoms with Gasteiger partial charge in [0.1, 0.15) is 23.1 Å². The van der Waals surface area contributed by atoms with Gasteiger partial charge in [0.25, 0.3) is 0 Å². The van der Waals surface area contributed by atoms with Crippen LogP contribution in [0.5, 0.6) is 17.2 Å². The van der Waals surface area contributed by atoms with E-state index in [4.69, 9.17) is 14.6 Å². The molecule has 0 aliphatic rings. The molecular formula is C15H14N4O4S. The van der Waals surface area contributed by atoms with Crippen molar-refractivity contribution in [1.29, 1.82) is 0 Å². The van der Waals surface area contributed by atoms with Gasteiger partial charge in [-0.2, -0.15) is 0 Å². The van der Waals surface area contributed by atoms with Crippen molar-refractivity contribution in [2.45, 2.75) is 5.75 Å². The second-order valence-electron chi connectivity index (χ2n) is 4.94. The zero-order valence-electron chi connectivity index (χ0n) is 12.7. The Morgan fingerprint density at radius 2 is 1.83 bits per heavy atom. The van der Waals surface area contributed by atoms with Crippen LogP contribution in [-0.2, 0) is 15.8 Å². The SMILES string of the molecule is COc1ccc2c(Oc3cnc(CS(N)(=O)=O)nc3)ccnc2c1. The van der Waals surface area contributed by atoms with Gasteiger partial charge in [-0.3, -0.25) is 4.98 Å². The van der Waals surface area contributed by atoms with Gasteiger partial charge in [0.2, 0.25) is 10.0 Å². The van der Waals surface area contributed by atoms with Gasteiger partial charge >= 0.3 is 0 Å². The smallest absolute Gasteiger partial charge is 0.216 e. The van der Waals surface area contributed by atoms with E-state index in [1.54, 1.807) is 25.4 Å². The van der Waals surface area contributed by atoms with E-state index in [0.717, 1.165) is 10.9 Å². The highest BCUT2D eigenvalue weighted by Crippen LogP contribution is 2.30. The molecule has 2 aromatic heterocycles. The maximum atomic E-state index is 11.0. The second kappa shape index (κ2) is 6.38. The predicted molar refractivity (Wildman–Crippen MR) is 87.2 cm³/mol. The molecule has 3 rings (SSSR count). The highest BCUT2D eigenvalue weighted by Gasteiger charge is 2.09. The number of hydrogen-bond acceptors (Lipinski definition) is 7. The van der Waals surface area contributed by atoms with Crippen LogP contribution in [0.2, 0.25) is 0 Å². The average molecular weight is 346 g/mol. The number of fused-ring (bicyclic) bond motifs is 1. The lowest BCUT2D eigenvalue weighted by Crippen LogP contribution is -2.16. The first-order chi connectivity index (χ1) is 11.4. The average Bonchev–Trinajstić information content (AvgIpc) is 2.55. The minimum atomic E-state index is -3.67. The lowest BCUT2D eigenvalue weighted by Gasteiger charge is -2.09. The first kappa shape index (κ1) is 16.1. The Bertz CT molecular complexity index is 974. The van der Waals surface area contributed by atoms with E-state index in [2.05, 4.69) is 15.0 Å². The third-order valence-electron chi connectivity index (χ3n) is 3.15. The van der Waals surface area contributed by atoms with Gasteiger partial charge in [0.15, 0.2) is 5.75 Å². The number of pyridine rings is 1. The van der Waals surface area contributed by atoms with Crippen LogP contribution in [0.4, 0.5) is 0 Å². The maximum absolute atomic E-state index is 11.0. The molecule has 0 aliphatic carbocycles. The van der Waals surface area contributed by atoms with Crippen molar-refractivity contribution in [1.82, 2.24) is 15.0 Å². The minimum Gasteiger partial charge on any atom is -0.497 e. The number of aromatic nitrogens is 3. The molecule has 2 N–H and O–H groups in total. The van der Waals surface area contributed by atoms with E-state index in [0.29, 0.717) is 17.2 Å². The van der Waals surface area contributed by atoms with Crippen molar-refractivity contribution in [3.8, 4) is 17.2 Å². The molecular weight excluding hydrogens is 332 g/mol. The van der Waals surface area contributed by atoms with Crippen molar-refractivity contribution in [2.24, 2.45) is 5.14 Å². The summed E-state index contributed by atoms with van der Waals surface area (Å²) in [4.78, 5) is 12.1. The zero-order chi connectivity index (χ0) is 17.2. The van der Waals surface area contributed by atoms with Gasteiger partial charge in [0, 0.05) is 17.6 Å². The van der Waals surface area contributed by atoms with Gasteiger partial charge < -0.3 is 9.47 Å². The molecule has 8 nitrogen and oxygen atoms in total. The molecule has 0 saturated heterocycles. The number of hydrogen-bond donors (Lipinski definition) is 1. The molecule has 2 heterocycles. The summed E-state index contributed by atoms with van der Waals surface area (Å²) in [6.45, 7) is 0. The largest absolute Gasteiger partial charge is 0.497 e. The van der Waals surface area contributed by atoms with Crippen LogP contribution in [-0.4, -0.2) is 30.5 Å².